The zero-order valence-electron chi connectivity index (χ0n) is 11.3. The normalized spacial score (nSPS) is 9.89. The van der Waals surface area contributed by atoms with Gasteiger partial charge in [-0.3, -0.25) is 4.79 Å². The fraction of sp³-hybridized carbons (Fsp3) is 0.467. The molecule has 0 aliphatic carbocycles. The maximum Gasteiger partial charge on any atom is 0.305 e. The highest BCUT2D eigenvalue weighted by atomic mass is 16.4. The lowest BCUT2D eigenvalue weighted by molar-refractivity contribution is -0.136. The van der Waals surface area contributed by atoms with Crippen molar-refractivity contribution in [3.05, 3.63) is 29.8 Å². The standard InChI is InChI=1S/C15H20N2O2/c1-13-5-7-14(8-6-13)17(12-9-15(18)19)11-4-2-3-10-16/h5-8H,2-4,9,11-12H2,1H3,(H,18,19). The van der Waals surface area contributed by atoms with E-state index >= 15 is 0 Å². The first-order valence-electron chi connectivity index (χ1n) is 6.54. The van der Waals surface area contributed by atoms with Gasteiger partial charge in [0.1, 0.15) is 0 Å². The number of benzene rings is 1. The second kappa shape index (κ2) is 8.15. The van der Waals surface area contributed by atoms with E-state index in [-0.39, 0.29) is 6.42 Å². The van der Waals surface area contributed by atoms with Crippen LogP contribution in [0.2, 0.25) is 0 Å². The van der Waals surface area contributed by atoms with Gasteiger partial charge in [0.2, 0.25) is 0 Å². The van der Waals surface area contributed by atoms with Gasteiger partial charge in [0, 0.05) is 25.2 Å². The SMILES string of the molecule is Cc1ccc(N(CCCCC#N)CCC(=O)O)cc1. The number of nitrogens with zero attached hydrogens (tertiary/aromatic N) is 2. The maximum atomic E-state index is 10.7. The smallest absolute Gasteiger partial charge is 0.305 e. The van der Waals surface area contributed by atoms with Gasteiger partial charge in [-0.25, -0.2) is 0 Å². The van der Waals surface area contributed by atoms with Crippen molar-refractivity contribution in [2.45, 2.75) is 32.6 Å². The van der Waals surface area contributed by atoms with Crippen molar-refractivity contribution in [2.24, 2.45) is 0 Å². The van der Waals surface area contributed by atoms with Gasteiger partial charge in [-0.2, -0.15) is 5.26 Å². The molecule has 0 radical (unpaired) electrons. The van der Waals surface area contributed by atoms with Crippen LogP contribution in [0.5, 0.6) is 0 Å². The van der Waals surface area contributed by atoms with Gasteiger partial charge in [0.15, 0.2) is 0 Å². The van der Waals surface area contributed by atoms with E-state index < -0.39 is 5.97 Å². The lowest BCUT2D eigenvalue weighted by Crippen LogP contribution is -2.27. The molecular weight excluding hydrogens is 240 g/mol. The third-order valence-electron chi connectivity index (χ3n) is 2.96. The fourth-order valence-corrected chi connectivity index (χ4v) is 1.86. The number of rotatable bonds is 8. The van der Waals surface area contributed by atoms with Crippen molar-refractivity contribution in [1.29, 1.82) is 5.26 Å². The molecule has 0 aliphatic heterocycles. The molecule has 0 saturated heterocycles. The van der Waals surface area contributed by atoms with E-state index in [4.69, 9.17) is 10.4 Å². The number of carboxylic acids is 1. The Balaban J connectivity index is 2.60. The first-order valence-corrected chi connectivity index (χ1v) is 6.54. The monoisotopic (exact) mass is 260 g/mol. The van der Waals surface area contributed by atoms with E-state index in [9.17, 15) is 4.79 Å². The molecule has 0 aliphatic rings. The van der Waals surface area contributed by atoms with E-state index in [0.717, 1.165) is 25.1 Å². The van der Waals surface area contributed by atoms with Gasteiger partial charge >= 0.3 is 5.97 Å². The number of nitriles is 1. The Bertz CT molecular complexity index is 434. The summed E-state index contributed by atoms with van der Waals surface area (Å²) in [7, 11) is 0. The zero-order valence-corrected chi connectivity index (χ0v) is 11.3. The summed E-state index contributed by atoms with van der Waals surface area (Å²) in [5.74, 6) is -0.783. The predicted octanol–water partition coefficient (Wildman–Crippen LogP) is 2.97. The third kappa shape index (κ3) is 5.91. The van der Waals surface area contributed by atoms with Crippen LogP contribution >= 0.6 is 0 Å². The molecule has 102 valence electrons. The molecule has 1 N–H and O–H groups in total. The summed E-state index contributed by atoms with van der Waals surface area (Å²) in [6, 6.07) is 10.2. The Morgan fingerprint density at radius 3 is 2.53 bits per heavy atom. The van der Waals surface area contributed by atoms with Crippen LogP contribution < -0.4 is 4.90 Å². The highest BCUT2D eigenvalue weighted by Crippen LogP contribution is 2.16. The topological polar surface area (TPSA) is 64.3 Å². The summed E-state index contributed by atoms with van der Waals surface area (Å²) in [5.41, 5.74) is 2.23. The van der Waals surface area contributed by atoms with Crippen LogP contribution in [0.1, 0.15) is 31.2 Å². The lowest BCUT2D eigenvalue weighted by atomic mass is 10.2. The van der Waals surface area contributed by atoms with Gasteiger partial charge in [-0.15, -0.1) is 0 Å². The number of aliphatic carboxylic acids is 1. The summed E-state index contributed by atoms with van der Waals surface area (Å²) in [6.07, 6.45) is 2.44. The second-order valence-corrected chi connectivity index (χ2v) is 4.58. The summed E-state index contributed by atoms with van der Waals surface area (Å²) in [5, 5.41) is 17.3. The molecule has 0 heterocycles. The maximum absolute atomic E-state index is 10.7. The van der Waals surface area contributed by atoms with Crippen LogP contribution in [0.3, 0.4) is 0 Å². The van der Waals surface area contributed by atoms with Crippen molar-refractivity contribution in [2.75, 3.05) is 18.0 Å². The fourth-order valence-electron chi connectivity index (χ4n) is 1.86. The zero-order chi connectivity index (χ0) is 14.1. The molecule has 4 nitrogen and oxygen atoms in total. The molecule has 1 aromatic rings. The molecule has 0 spiro atoms. The lowest BCUT2D eigenvalue weighted by Gasteiger charge is -2.24. The summed E-state index contributed by atoms with van der Waals surface area (Å²) in [4.78, 5) is 12.8. The largest absolute Gasteiger partial charge is 0.481 e. The van der Waals surface area contributed by atoms with Crippen molar-refractivity contribution in [3.8, 4) is 6.07 Å². The summed E-state index contributed by atoms with van der Waals surface area (Å²) >= 11 is 0. The number of anilines is 1. The van der Waals surface area contributed by atoms with Gasteiger partial charge in [0.05, 0.1) is 12.5 Å². The van der Waals surface area contributed by atoms with Crippen molar-refractivity contribution in [1.82, 2.24) is 0 Å². The molecule has 1 rings (SSSR count). The Labute approximate surface area is 114 Å². The van der Waals surface area contributed by atoms with Crippen LogP contribution in [0, 0.1) is 18.3 Å². The minimum absolute atomic E-state index is 0.131. The highest BCUT2D eigenvalue weighted by molar-refractivity contribution is 5.67. The van der Waals surface area contributed by atoms with Gasteiger partial charge in [0.25, 0.3) is 0 Å². The first kappa shape index (κ1) is 15.0. The van der Waals surface area contributed by atoms with Gasteiger partial charge < -0.3 is 10.0 Å². The van der Waals surface area contributed by atoms with E-state index in [1.54, 1.807) is 0 Å². The quantitative estimate of drug-likeness (QED) is 0.730. The van der Waals surface area contributed by atoms with Crippen molar-refractivity contribution in [3.63, 3.8) is 0 Å². The first-order chi connectivity index (χ1) is 9.13. The van der Waals surface area contributed by atoms with E-state index in [1.807, 2.05) is 31.2 Å². The van der Waals surface area contributed by atoms with Crippen LogP contribution in [0.25, 0.3) is 0 Å². The molecule has 1 aromatic carbocycles. The number of hydrogen-bond donors (Lipinski definition) is 1. The number of unbranched alkanes of at least 4 members (excludes halogenated alkanes) is 2. The van der Waals surface area contributed by atoms with Crippen LogP contribution in [-0.2, 0) is 4.79 Å². The average molecular weight is 260 g/mol. The van der Waals surface area contributed by atoms with Crippen LogP contribution in [0.15, 0.2) is 24.3 Å². The van der Waals surface area contributed by atoms with Crippen molar-refractivity contribution < 1.29 is 9.90 Å². The molecule has 0 aromatic heterocycles. The predicted molar refractivity (Wildman–Crippen MR) is 75.1 cm³/mol. The van der Waals surface area contributed by atoms with Gasteiger partial charge in [-0.1, -0.05) is 17.7 Å². The molecular formula is C15H20N2O2. The summed E-state index contributed by atoms with van der Waals surface area (Å²) in [6.45, 7) is 3.32. The Kier molecular flexibility index (Phi) is 6.45. The average Bonchev–Trinajstić information content (AvgIpc) is 2.39. The molecule has 0 bridgehead atoms. The van der Waals surface area contributed by atoms with E-state index in [1.165, 1.54) is 5.56 Å². The Morgan fingerprint density at radius 2 is 1.95 bits per heavy atom. The minimum atomic E-state index is -0.783. The molecule has 0 unspecified atom stereocenters. The molecule has 0 fully saturated rings. The molecule has 19 heavy (non-hydrogen) atoms. The molecule has 4 heteroatoms. The Hall–Kier alpha value is -2.02. The van der Waals surface area contributed by atoms with Crippen LogP contribution in [-0.4, -0.2) is 24.2 Å². The Morgan fingerprint density at radius 1 is 1.26 bits per heavy atom. The minimum Gasteiger partial charge on any atom is -0.481 e. The van der Waals surface area contributed by atoms with E-state index in [2.05, 4.69) is 11.0 Å². The second-order valence-electron chi connectivity index (χ2n) is 4.58. The highest BCUT2D eigenvalue weighted by Gasteiger charge is 2.08. The number of carboxylic acid groups (broad SMARTS) is 1. The molecule has 0 atom stereocenters. The number of carbonyl (C=O) groups is 1. The number of hydrogen-bond acceptors (Lipinski definition) is 3. The molecule has 0 amide bonds. The van der Waals surface area contributed by atoms with Gasteiger partial charge in [-0.05, 0) is 31.9 Å². The summed E-state index contributed by atoms with van der Waals surface area (Å²) < 4.78 is 0. The van der Waals surface area contributed by atoms with E-state index in [0.29, 0.717) is 13.0 Å². The third-order valence-corrected chi connectivity index (χ3v) is 2.96. The number of aryl methyl sites for hydroxylation is 1. The molecule has 0 saturated carbocycles. The van der Waals surface area contributed by atoms with Crippen molar-refractivity contribution >= 4 is 11.7 Å². The van der Waals surface area contributed by atoms with Crippen LogP contribution in [0.4, 0.5) is 5.69 Å².